The minimum atomic E-state index is -1.66. The zero-order valence-electron chi connectivity index (χ0n) is 18.6. The molecule has 0 unspecified atom stereocenters. The Hall–Kier alpha value is -2.04. The standard InChI is InChI=1S/C23H35N3Si2/c1-8-9-10-14-17-20-21(18-24)25-23(22(20)19-15-12-11-13-16-19)26(27(2,3)4)28(5,6)7/h11-17,25H,8-10H2,1-7H3/b17-14+. The van der Waals surface area contributed by atoms with Gasteiger partial charge in [0.25, 0.3) is 0 Å². The van der Waals surface area contributed by atoms with Gasteiger partial charge < -0.3 is 9.22 Å². The summed E-state index contributed by atoms with van der Waals surface area (Å²) in [5.74, 6) is 1.14. The van der Waals surface area contributed by atoms with E-state index in [1.54, 1.807) is 0 Å². The smallest absolute Gasteiger partial charge is 0.139 e. The van der Waals surface area contributed by atoms with Gasteiger partial charge in [0.1, 0.15) is 28.2 Å². The molecule has 0 aliphatic rings. The van der Waals surface area contributed by atoms with Crippen molar-refractivity contribution in [1.29, 1.82) is 5.26 Å². The van der Waals surface area contributed by atoms with Crippen LogP contribution in [0.1, 0.15) is 37.4 Å². The number of benzene rings is 1. The van der Waals surface area contributed by atoms with Gasteiger partial charge >= 0.3 is 0 Å². The molecule has 28 heavy (non-hydrogen) atoms. The lowest BCUT2D eigenvalue weighted by molar-refractivity contribution is 0.816. The van der Waals surface area contributed by atoms with Crippen LogP contribution in [0.5, 0.6) is 0 Å². The van der Waals surface area contributed by atoms with Crippen molar-refractivity contribution in [2.24, 2.45) is 0 Å². The highest BCUT2D eigenvalue weighted by molar-refractivity contribution is 6.99. The molecule has 0 aliphatic heterocycles. The molecular formula is C23H35N3Si2. The van der Waals surface area contributed by atoms with Crippen molar-refractivity contribution in [3.8, 4) is 17.2 Å². The molecule has 0 aliphatic carbocycles. The Bertz CT molecular complexity index is 833. The molecule has 0 saturated heterocycles. The highest BCUT2D eigenvalue weighted by Crippen LogP contribution is 2.41. The molecule has 1 aromatic heterocycles. The quantitative estimate of drug-likeness (QED) is 0.369. The molecule has 1 heterocycles. The SMILES string of the molecule is CCCC/C=C/c1c(C#N)[nH]c(N([Si](C)(C)C)[Si](C)(C)C)c1-c1ccccc1. The molecule has 0 bridgehead atoms. The van der Waals surface area contributed by atoms with E-state index in [0.717, 1.165) is 17.8 Å². The third-order valence-electron chi connectivity index (χ3n) is 4.77. The molecule has 0 fully saturated rings. The highest BCUT2D eigenvalue weighted by atomic mass is 28.4. The number of anilines is 1. The fourth-order valence-electron chi connectivity index (χ4n) is 4.02. The minimum absolute atomic E-state index is 0.670. The number of H-pyrrole nitrogens is 1. The summed E-state index contributed by atoms with van der Waals surface area (Å²) in [5, 5.41) is 9.88. The Morgan fingerprint density at radius 2 is 1.64 bits per heavy atom. The van der Waals surface area contributed by atoms with E-state index in [1.807, 2.05) is 6.07 Å². The number of aromatic amines is 1. The van der Waals surface area contributed by atoms with Crippen LogP contribution in [0.2, 0.25) is 39.3 Å². The second-order valence-electron chi connectivity index (χ2n) is 9.34. The largest absolute Gasteiger partial charge is 0.411 e. The zero-order chi connectivity index (χ0) is 20.9. The summed E-state index contributed by atoms with van der Waals surface area (Å²) in [6.45, 7) is 16.6. The van der Waals surface area contributed by atoms with Crippen molar-refractivity contribution in [2.75, 3.05) is 4.23 Å². The van der Waals surface area contributed by atoms with Gasteiger partial charge in [0, 0.05) is 11.1 Å². The van der Waals surface area contributed by atoms with Crippen LogP contribution >= 0.6 is 0 Å². The van der Waals surface area contributed by atoms with Gasteiger partial charge in [0.15, 0.2) is 0 Å². The first-order valence-corrected chi connectivity index (χ1v) is 17.2. The number of nitrogens with one attached hydrogen (secondary N) is 1. The van der Waals surface area contributed by atoms with Gasteiger partial charge in [0.2, 0.25) is 0 Å². The molecule has 0 amide bonds. The van der Waals surface area contributed by atoms with E-state index in [-0.39, 0.29) is 0 Å². The van der Waals surface area contributed by atoms with Gasteiger partial charge in [-0.25, -0.2) is 0 Å². The molecular weight excluding hydrogens is 374 g/mol. The van der Waals surface area contributed by atoms with Crippen LogP contribution in [0.15, 0.2) is 36.4 Å². The van der Waals surface area contributed by atoms with E-state index in [9.17, 15) is 5.26 Å². The van der Waals surface area contributed by atoms with E-state index < -0.39 is 16.5 Å². The maximum absolute atomic E-state index is 9.88. The number of hydrogen-bond acceptors (Lipinski definition) is 2. The molecule has 0 spiro atoms. The number of nitrogens with zero attached hydrogens (tertiary/aromatic N) is 2. The Labute approximate surface area is 173 Å². The Morgan fingerprint density at radius 1 is 1.04 bits per heavy atom. The van der Waals surface area contributed by atoms with E-state index in [1.165, 1.54) is 24.0 Å². The molecule has 150 valence electrons. The number of nitriles is 1. The van der Waals surface area contributed by atoms with Crippen molar-refractivity contribution in [3.63, 3.8) is 0 Å². The summed E-state index contributed by atoms with van der Waals surface area (Å²) in [5.41, 5.74) is 4.05. The van der Waals surface area contributed by atoms with E-state index in [2.05, 4.69) is 97.9 Å². The summed E-state index contributed by atoms with van der Waals surface area (Å²) in [6, 6.07) is 12.9. The predicted molar refractivity (Wildman–Crippen MR) is 129 cm³/mol. The average Bonchev–Trinajstić information content (AvgIpc) is 2.94. The third kappa shape index (κ3) is 5.06. The maximum Gasteiger partial charge on any atom is 0.139 e. The lowest BCUT2D eigenvalue weighted by Crippen LogP contribution is -2.60. The van der Waals surface area contributed by atoms with Crippen molar-refractivity contribution in [1.82, 2.24) is 4.98 Å². The van der Waals surface area contributed by atoms with Crippen LogP contribution in [0.4, 0.5) is 5.82 Å². The summed E-state index contributed by atoms with van der Waals surface area (Å²) >= 11 is 0. The lowest BCUT2D eigenvalue weighted by atomic mass is 10.0. The maximum atomic E-state index is 9.88. The van der Waals surface area contributed by atoms with Crippen LogP contribution in [0, 0.1) is 11.3 Å². The van der Waals surface area contributed by atoms with Crippen LogP contribution < -0.4 is 4.23 Å². The normalized spacial score (nSPS) is 12.4. The van der Waals surface area contributed by atoms with Crippen molar-refractivity contribution in [2.45, 2.75) is 65.5 Å². The second-order valence-corrected chi connectivity index (χ2v) is 19.4. The van der Waals surface area contributed by atoms with Crippen LogP contribution in [-0.4, -0.2) is 21.5 Å². The van der Waals surface area contributed by atoms with Crippen LogP contribution in [-0.2, 0) is 0 Å². The lowest BCUT2D eigenvalue weighted by Gasteiger charge is -2.45. The topological polar surface area (TPSA) is 42.8 Å². The fourth-order valence-corrected chi connectivity index (χ4v) is 13.7. The first kappa shape index (κ1) is 22.3. The highest BCUT2D eigenvalue weighted by Gasteiger charge is 2.38. The molecule has 1 aromatic carbocycles. The predicted octanol–water partition coefficient (Wildman–Crippen LogP) is 7.23. The summed E-state index contributed by atoms with van der Waals surface area (Å²) in [4.78, 5) is 3.54. The summed E-state index contributed by atoms with van der Waals surface area (Å²) in [7, 11) is -3.33. The van der Waals surface area contributed by atoms with Gasteiger partial charge in [-0.3, -0.25) is 0 Å². The van der Waals surface area contributed by atoms with Crippen molar-refractivity contribution < 1.29 is 0 Å². The van der Waals surface area contributed by atoms with Gasteiger partial charge in [-0.15, -0.1) is 0 Å². The summed E-state index contributed by atoms with van der Waals surface area (Å²) in [6.07, 6.45) is 7.77. The molecule has 0 radical (unpaired) electrons. The van der Waals surface area contributed by atoms with E-state index in [4.69, 9.17) is 0 Å². The Kier molecular flexibility index (Phi) is 7.13. The molecule has 2 rings (SSSR count). The van der Waals surface area contributed by atoms with Gasteiger partial charge in [-0.05, 0) is 12.0 Å². The summed E-state index contributed by atoms with van der Waals surface area (Å²) < 4.78 is 2.67. The average molecular weight is 410 g/mol. The molecule has 0 saturated carbocycles. The minimum Gasteiger partial charge on any atom is -0.411 e. The van der Waals surface area contributed by atoms with Crippen LogP contribution in [0.3, 0.4) is 0 Å². The molecule has 1 N–H and O–H groups in total. The number of allylic oxidation sites excluding steroid dienone is 1. The fraction of sp³-hybridized carbons (Fsp3) is 0.435. The number of unbranched alkanes of at least 4 members (excludes halogenated alkanes) is 2. The van der Waals surface area contributed by atoms with E-state index >= 15 is 0 Å². The molecule has 0 atom stereocenters. The van der Waals surface area contributed by atoms with Gasteiger partial charge in [-0.1, -0.05) is 102 Å². The number of rotatable bonds is 8. The van der Waals surface area contributed by atoms with Crippen molar-refractivity contribution in [3.05, 3.63) is 47.7 Å². The first-order valence-electron chi connectivity index (χ1n) is 10.3. The van der Waals surface area contributed by atoms with E-state index in [0.29, 0.717) is 5.69 Å². The van der Waals surface area contributed by atoms with Gasteiger partial charge in [-0.2, -0.15) is 5.26 Å². The molecule has 5 heteroatoms. The van der Waals surface area contributed by atoms with Crippen molar-refractivity contribution >= 4 is 28.4 Å². The number of hydrogen-bond donors (Lipinski definition) is 1. The third-order valence-corrected chi connectivity index (χ3v) is 11.9. The number of aromatic nitrogens is 1. The Morgan fingerprint density at radius 3 is 2.14 bits per heavy atom. The van der Waals surface area contributed by atoms with Crippen LogP contribution in [0.25, 0.3) is 17.2 Å². The second kappa shape index (κ2) is 8.98. The monoisotopic (exact) mass is 409 g/mol. The zero-order valence-corrected chi connectivity index (χ0v) is 20.6. The molecule has 2 aromatic rings. The molecule has 3 nitrogen and oxygen atoms in total. The van der Waals surface area contributed by atoms with Gasteiger partial charge in [0.05, 0.1) is 5.82 Å². The Balaban J connectivity index is 2.77. The first-order chi connectivity index (χ1) is 13.1.